The maximum Gasteiger partial charge on any atom is 0.330 e. The smallest absolute Gasteiger partial charge is 0.330 e. The quantitative estimate of drug-likeness (QED) is 0.404. The van der Waals surface area contributed by atoms with E-state index in [9.17, 15) is 14.4 Å². The van der Waals surface area contributed by atoms with Crippen LogP contribution in [0.15, 0.2) is 94.5 Å². The molecule has 3 N–H and O–H groups in total. The van der Waals surface area contributed by atoms with Crippen LogP contribution in [-0.4, -0.2) is 22.0 Å². The van der Waals surface area contributed by atoms with Gasteiger partial charge in [-0.2, -0.15) is 0 Å². The third kappa shape index (κ3) is 5.16. The molecule has 8 nitrogen and oxygen atoms in total. The van der Waals surface area contributed by atoms with Gasteiger partial charge in [0.05, 0.1) is 12.1 Å². The number of nitrogen functional groups attached to an aromatic ring is 1. The van der Waals surface area contributed by atoms with E-state index in [0.29, 0.717) is 17.9 Å². The minimum atomic E-state index is -0.722. The van der Waals surface area contributed by atoms with E-state index in [2.05, 4.69) is 4.98 Å². The predicted molar refractivity (Wildman–Crippen MR) is 136 cm³/mol. The third-order valence-corrected chi connectivity index (χ3v) is 5.45. The Morgan fingerprint density at radius 2 is 1.57 bits per heavy atom. The van der Waals surface area contributed by atoms with E-state index in [4.69, 9.17) is 10.5 Å². The molecule has 3 aromatic carbocycles. The highest BCUT2D eigenvalue weighted by Crippen LogP contribution is 2.28. The molecule has 1 amide bonds. The summed E-state index contributed by atoms with van der Waals surface area (Å²) in [6.07, 6.45) is 0.560. The van der Waals surface area contributed by atoms with Crippen LogP contribution in [0.3, 0.4) is 0 Å². The van der Waals surface area contributed by atoms with Crippen molar-refractivity contribution in [1.29, 1.82) is 0 Å². The van der Waals surface area contributed by atoms with E-state index < -0.39 is 17.2 Å². The molecule has 4 aromatic rings. The Bertz CT molecular complexity index is 1430. The van der Waals surface area contributed by atoms with E-state index in [1.54, 1.807) is 36.4 Å². The molecule has 0 aliphatic heterocycles. The number of nitrogens with one attached hydrogen (secondary N) is 1. The Morgan fingerprint density at radius 3 is 2.26 bits per heavy atom. The van der Waals surface area contributed by atoms with Gasteiger partial charge in [0.25, 0.3) is 11.5 Å². The Kier molecular flexibility index (Phi) is 7.11. The van der Waals surface area contributed by atoms with Gasteiger partial charge in [0.15, 0.2) is 5.69 Å². The van der Waals surface area contributed by atoms with Gasteiger partial charge in [0.1, 0.15) is 17.3 Å². The molecule has 35 heavy (non-hydrogen) atoms. The zero-order valence-electron chi connectivity index (χ0n) is 19.3. The third-order valence-electron chi connectivity index (χ3n) is 5.45. The van der Waals surface area contributed by atoms with Crippen molar-refractivity contribution in [2.24, 2.45) is 0 Å². The number of rotatable bonds is 8. The Labute approximate surface area is 202 Å². The highest BCUT2D eigenvalue weighted by atomic mass is 16.5. The number of carbonyl (C=O) groups is 1. The number of carbonyl (C=O) groups excluding carboxylic acids is 1. The summed E-state index contributed by atoms with van der Waals surface area (Å²) in [5, 5.41) is 0. The summed E-state index contributed by atoms with van der Waals surface area (Å²) in [5.74, 6) is 0.382. The zero-order valence-corrected chi connectivity index (χ0v) is 19.3. The average Bonchev–Trinajstić information content (AvgIpc) is 2.87. The Balaban J connectivity index is 1.77. The number of hydrogen-bond acceptors (Lipinski definition) is 5. The molecule has 0 aliphatic rings. The van der Waals surface area contributed by atoms with Crippen LogP contribution in [0.5, 0.6) is 11.5 Å². The Morgan fingerprint density at radius 1 is 0.943 bits per heavy atom. The van der Waals surface area contributed by atoms with Gasteiger partial charge < -0.3 is 15.4 Å². The summed E-state index contributed by atoms with van der Waals surface area (Å²) in [5.41, 5.74) is 6.02. The van der Waals surface area contributed by atoms with Crippen molar-refractivity contribution in [2.45, 2.75) is 19.9 Å². The number of benzene rings is 3. The second-order valence-electron chi connectivity index (χ2n) is 7.93. The molecule has 0 saturated carbocycles. The summed E-state index contributed by atoms with van der Waals surface area (Å²) >= 11 is 0. The number of nitrogens with zero attached hydrogens (tertiary/aromatic N) is 2. The van der Waals surface area contributed by atoms with Crippen LogP contribution in [-0.2, 0) is 6.54 Å². The number of hydrogen-bond donors (Lipinski definition) is 2. The molecule has 8 heteroatoms. The van der Waals surface area contributed by atoms with Crippen molar-refractivity contribution >= 4 is 17.4 Å². The topological polar surface area (TPSA) is 110 Å². The first-order valence-electron chi connectivity index (χ1n) is 11.3. The second kappa shape index (κ2) is 10.6. The molecular weight excluding hydrogens is 444 g/mol. The minimum Gasteiger partial charge on any atom is -0.457 e. The number of aromatic nitrogens is 2. The standard InChI is InChI=1S/C27H26N4O4/c1-2-17-30(26(33)21-15-9-10-16-22(21)35-20-13-7-4-8-14-20)23-24(28)31(27(34)29-25(23)32)18-19-11-5-3-6-12-19/h3-16H,2,17-18,28H2,1H3,(H,29,32,34). The van der Waals surface area contributed by atoms with Gasteiger partial charge in [0, 0.05) is 6.54 Å². The number of para-hydroxylation sites is 2. The molecule has 0 unspecified atom stereocenters. The van der Waals surface area contributed by atoms with Crippen molar-refractivity contribution in [3.63, 3.8) is 0 Å². The SMILES string of the molecule is CCCN(C(=O)c1ccccc1Oc1ccccc1)c1c(N)n(Cc2ccccc2)c(=O)[nH]c1=O. The number of amides is 1. The first-order valence-corrected chi connectivity index (χ1v) is 11.3. The second-order valence-corrected chi connectivity index (χ2v) is 7.93. The van der Waals surface area contributed by atoms with Gasteiger partial charge in [-0.3, -0.25) is 19.1 Å². The fraction of sp³-hybridized carbons (Fsp3) is 0.148. The molecular formula is C27H26N4O4. The summed E-state index contributed by atoms with van der Waals surface area (Å²) in [6.45, 7) is 2.25. The van der Waals surface area contributed by atoms with Crippen molar-refractivity contribution in [2.75, 3.05) is 17.2 Å². The van der Waals surface area contributed by atoms with Crippen molar-refractivity contribution < 1.29 is 9.53 Å². The minimum absolute atomic E-state index is 0.0677. The molecule has 0 radical (unpaired) electrons. The lowest BCUT2D eigenvalue weighted by atomic mass is 10.1. The summed E-state index contributed by atoms with van der Waals surface area (Å²) in [7, 11) is 0. The average molecular weight is 471 g/mol. The fourth-order valence-electron chi connectivity index (χ4n) is 3.79. The number of ether oxygens (including phenoxy) is 1. The van der Waals surface area contributed by atoms with E-state index in [1.165, 1.54) is 9.47 Å². The van der Waals surface area contributed by atoms with Gasteiger partial charge in [-0.25, -0.2) is 4.79 Å². The summed E-state index contributed by atoms with van der Waals surface area (Å²) in [6, 6.07) is 25.2. The van der Waals surface area contributed by atoms with E-state index in [1.807, 2.05) is 55.5 Å². The normalized spacial score (nSPS) is 10.7. The van der Waals surface area contributed by atoms with E-state index in [0.717, 1.165) is 5.56 Å². The van der Waals surface area contributed by atoms with Gasteiger partial charge in [-0.05, 0) is 36.2 Å². The van der Waals surface area contributed by atoms with Gasteiger partial charge >= 0.3 is 5.69 Å². The lowest BCUT2D eigenvalue weighted by Crippen LogP contribution is -2.41. The molecule has 0 spiro atoms. The molecule has 0 fully saturated rings. The van der Waals surface area contributed by atoms with Crippen LogP contribution in [0.1, 0.15) is 29.3 Å². The van der Waals surface area contributed by atoms with Crippen LogP contribution in [0.25, 0.3) is 0 Å². The lowest BCUT2D eigenvalue weighted by molar-refractivity contribution is 0.0984. The van der Waals surface area contributed by atoms with Crippen LogP contribution >= 0.6 is 0 Å². The van der Waals surface area contributed by atoms with Crippen LogP contribution in [0.4, 0.5) is 11.5 Å². The predicted octanol–water partition coefficient (Wildman–Crippen LogP) is 4.02. The van der Waals surface area contributed by atoms with Crippen LogP contribution in [0, 0.1) is 0 Å². The molecule has 4 rings (SSSR count). The monoisotopic (exact) mass is 470 g/mol. The highest BCUT2D eigenvalue weighted by Gasteiger charge is 2.27. The molecule has 0 atom stereocenters. The molecule has 1 aromatic heterocycles. The van der Waals surface area contributed by atoms with Gasteiger partial charge in [0.2, 0.25) is 0 Å². The largest absolute Gasteiger partial charge is 0.457 e. The van der Waals surface area contributed by atoms with Crippen LogP contribution < -0.4 is 26.6 Å². The fourth-order valence-corrected chi connectivity index (χ4v) is 3.79. The first kappa shape index (κ1) is 23.6. The Hall–Kier alpha value is -4.59. The molecule has 0 bridgehead atoms. The zero-order chi connectivity index (χ0) is 24.8. The maximum atomic E-state index is 13.8. The summed E-state index contributed by atoms with van der Waals surface area (Å²) < 4.78 is 7.22. The molecule has 1 heterocycles. The number of nitrogens with two attached hydrogens (primary N) is 1. The van der Waals surface area contributed by atoms with Crippen molar-refractivity contribution in [3.05, 3.63) is 117 Å². The number of anilines is 2. The number of H-pyrrole nitrogens is 1. The van der Waals surface area contributed by atoms with E-state index in [-0.39, 0.29) is 30.2 Å². The molecule has 0 aliphatic carbocycles. The van der Waals surface area contributed by atoms with E-state index >= 15 is 0 Å². The van der Waals surface area contributed by atoms with Crippen molar-refractivity contribution in [1.82, 2.24) is 9.55 Å². The van der Waals surface area contributed by atoms with Crippen molar-refractivity contribution in [3.8, 4) is 11.5 Å². The molecule has 0 saturated heterocycles. The molecule has 178 valence electrons. The maximum absolute atomic E-state index is 13.8. The van der Waals surface area contributed by atoms with Gasteiger partial charge in [-0.1, -0.05) is 67.6 Å². The van der Waals surface area contributed by atoms with Crippen LogP contribution in [0.2, 0.25) is 0 Å². The summed E-state index contributed by atoms with van der Waals surface area (Å²) in [4.78, 5) is 42.9. The first-order chi connectivity index (χ1) is 17.0. The number of aromatic amines is 1. The van der Waals surface area contributed by atoms with Gasteiger partial charge in [-0.15, -0.1) is 0 Å². The lowest BCUT2D eigenvalue weighted by Gasteiger charge is -2.25. The highest BCUT2D eigenvalue weighted by molar-refractivity contribution is 6.09.